The van der Waals surface area contributed by atoms with Gasteiger partial charge in [-0.15, -0.1) is 0 Å². The number of hydrogen-bond donors (Lipinski definition) is 1. The molecule has 1 aliphatic carbocycles. The second-order valence-corrected chi connectivity index (χ2v) is 5.75. The molecule has 2 fully saturated rings. The lowest BCUT2D eigenvalue weighted by Gasteiger charge is -2.45. The molecular weight excluding hydrogens is 228 g/mol. The van der Waals surface area contributed by atoms with Gasteiger partial charge in [0.05, 0.1) is 6.61 Å². The molecule has 2 aliphatic rings. The van der Waals surface area contributed by atoms with Crippen LogP contribution in [0.15, 0.2) is 0 Å². The third kappa shape index (κ3) is 2.97. The average molecular weight is 254 g/mol. The van der Waals surface area contributed by atoms with E-state index in [0.29, 0.717) is 18.1 Å². The lowest BCUT2D eigenvalue weighted by atomic mass is 9.67. The van der Waals surface area contributed by atoms with Crippen molar-refractivity contribution in [3.63, 3.8) is 0 Å². The van der Waals surface area contributed by atoms with Gasteiger partial charge in [-0.05, 0) is 57.9 Å². The van der Waals surface area contributed by atoms with E-state index in [1.165, 1.54) is 25.7 Å². The van der Waals surface area contributed by atoms with E-state index in [9.17, 15) is 4.79 Å². The Kier molecular flexibility index (Phi) is 4.49. The summed E-state index contributed by atoms with van der Waals surface area (Å²) >= 11 is 0. The molecule has 1 spiro atoms. The highest BCUT2D eigenvalue weighted by atomic mass is 16.6. The number of ether oxygens (including phenoxy) is 1. The van der Waals surface area contributed by atoms with Crippen LogP contribution < -0.4 is 5.32 Å². The number of rotatable bonds is 2. The fraction of sp³-hybridized carbons (Fsp3) is 0.929. The smallest absolute Gasteiger partial charge is 0.409 e. The number of nitrogens with one attached hydrogen (secondary N) is 1. The molecule has 1 N–H and O–H groups in total. The van der Waals surface area contributed by atoms with Gasteiger partial charge in [0.15, 0.2) is 0 Å². The first-order chi connectivity index (χ1) is 8.69. The molecule has 1 amide bonds. The molecule has 0 atom stereocenters. The maximum absolute atomic E-state index is 11.7. The van der Waals surface area contributed by atoms with Crippen LogP contribution in [0.4, 0.5) is 4.79 Å². The summed E-state index contributed by atoms with van der Waals surface area (Å²) in [5, 5.41) is 3.39. The van der Waals surface area contributed by atoms with Crippen LogP contribution in [0, 0.1) is 5.41 Å². The van der Waals surface area contributed by atoms with E-state index in [4.69, 9.17) is 4.74 Å². The van der Waals surface area contributed by atoms with E-state index in [0.717, 1.165) is 25.9 Å². The van der Waals surface area contributed by atoms with Gasteiger partial charge in [-0.25, -0.2) is 4.79 Å². The molecule has 0 radical (unpaired) electrons. The Balaban J connectivity index is 1.81. The Morgan fingerprint density at radius 2 is 1.89 bits per heavy atom. The van der Waals surface area contributed by atoms with Crippen LogP contribution in [0.3, 0.4) is 0 Å². The lowest BCUT2D eigenvalue weighted by Crippen LogP contribution is -2.46. The number of piperidine rings is 1. The zero-order chi connectivity index (χ0) is 13.0. The number of carbonyl (C=O) groups is 1. The largest absolute Gasteiger partial charge is 0.450 e. The third-order valence-corrected chi connectivity index (χ3v) is 4.80. The van der Waals surface area contributed by atoms with Crippen LogP contribution in [0.5, 0.6) is 0 Å². The summed E-state index contributed by atoms with van der Waals surface area (Å²) in [6.45, 7) is 4.10. The summed E-state index contributed by atoms with van der Waals surface area (Å²) in [7, 11) is 2.06. The molecule has 1 saturated heterocycles. The Labute approximate surface area is 110 Å². The van der Waals surface area contributed by atoms with Gasteiger partial charge in [0.25, 0.3) is 0 Å². The minimum atomic E-state index is -0.128. The molecular formula is C14H26N2O2. The summed E-state index contributed by atoms with van der Waals surface area (Å²) in [5.41, 5.74) is 0.510. The maximum Gasteiger partial charge on any atom is 0.409 e. The predicted molar refractivity (Wildman–Crippen MR) is 71.6 cm³/mol. The van der Waals surface area contributed by atoms with Crippen LogP contribution in [0.2, 0.25) is 0 Å². The summed E-state index contributed by atoms with van der Waals surface area (Å²) in [4.78, 5) is 13.5. The Morgan fingerprint density at radius 1 is 1.28 bits per heavy atom. The number of nitrogens with zero attached hydrogens (tertiary/aromatic N) is 1. The van der Waals surface area contributed by atoms with Gasteiger partial charge in [-0.1, -0.05) is 0 Å². The highest BCUT2D eigenvalue weighted by molar-refractivity contribution is 5.67. The van der Waals surface area contributed by atoms with Crippen molar-refractivity contribution in [1.29, 1.82) is 0 Å². The van der Waals surface area contributed by atoms with Gasteiger partial charge in [-0.3, -0.25) is 0 Å². The number of hydrogen-bond acceptors (Lipinski definition) is 3. The fourth-order valence-corrected chi connectivity index (χ4v) is 3.40. The van der Waals surface area contributed by atoms with E-state index in [2.05, 4.69) is 12.4 Å². The molecule has 4 nitrogen and oxygen atoms in total. The minimum Gasteiger partial charge on any atom is -0.450 e. The van der Waals surface area contributed by atoms with Gasteiger partial charge in [0.2, 0.25) is 0 Å². The Morgan fingerprint density at radius 3 is 2.39 bits per heavy atom. The molecule has 0 aromatic rings. The van der Waals surface area contributed by atoms with Crippen molar-refractivity contribution >= 4 is 6.09 Å². The molecule has 1 aliphatic heterocycles. The normalized spacial score (nSPS) is 24.2. The zero-order valence-corrected chi connectivity index (χ0v) is 11.7. The second-order valence-electron chi connectivity index (χ2n) is 5.75. The standard InChI is InChI=1S/C14H26N2O2/c1-3-18-13(17)16-10-8-14(9-11-16)6-4-12(15-2)5-7-14/h12,15H,3-11H2,1-2H3. The molecule has 0 unspecified atom stereocenters. The van der Waals surface area contributed by atoms with E-state index >= 15 is 0 Å². The molecule has 4 heteroatoms. The van der Waals surface area contributed by atoms with Crippen molar-refractivity contribution in [3.05, 3.63) is 0 Å². The van der Waals surface area contributed by atoms with E-state index < -0.39 is 0 Å². The summed E-state index contributed by atoms with van der Waals surface area (Å²) in [6, 6.07) is 0.707. The first-order valence-electron chi connectivity index (χ1n) is 7.28. The van der Waals surface area contributed by atoms with Crippen LogP contribution in [0.1, 0.15) is 45.4 Å². The van der Waals surface area contributed by atoms with Crippen LogP contribution >= 0.6 is 0 Å². The van der Waals surface area contributed by atoms with Gasteiger partial charge in [0.1, 0.15) is 0 Å². The Bertz CT molecular complexity index is 276. The van der Waals surface area contributed by atoms with Gasteiger partial charge in [-0.2, -0.15) is 0 Å². The highest BCUT2D eigenvalue weighted by Gasteiger charge is 2.38. The monoisotopic (exact) mass is 254 g/mol. The average Bonchev–Trinajstić information content (AvgIpc) is 2.41. The summed E-state index contributed by atoms with van der Waals surface area (Å²) in [5.74, 6) is 0. The van der Waals surface area contributed by atoms with E-state index in [-0.39, 0.29) is 6.09 Å². The fourth-order valence-electron chi connectivity index (χ4n) is 3.40. The van der Waals surface area contributed by atoms with Crippen LogP contribution in [-0.2, 0) is 4.74 Å². The SMILES string of the molecule is CCOC(=O)N1CCC2(CCC(NC)CC2)CC1. The molecule has 1 heterocycles. The molecule has 18 heavy (non-hydrogen) atoms. The molecule has 1 saturated carbocycles. The van der Waals surface area contributed by atoms with Gasteiger partial charge in [0, 0.05) is 19.1 Å². The van der Waals surface area contributed by atoms with Crippen molar-refractivity contribution in [2.24, 2.45) is 5.41 Å². The topological polar surface area (TPSA) is 41.6 Å². The number of likely N-dealkylation sites (tertiary alicyclic amines) is 1. The molecule has 2 rings (SSSR count). The molecule has 0 aromatic heterocycles. The molecule has 0 aromatic carbocycles. The highest BCUT2D eigenvalue weighted by Crippen LogP contribution is 2.44. The summed E-state index contributed by atoms with van der Waals surface area (Å²) in [6.07, 6.45) is 7.39. The summed E-state index contributed by atoms with van der Waals surface area (Å²) < 4.78 is 5.07. The van der Waals surface area contributed by atoms with E-state index in [1.807, 2.05) is 11.8 Å². The van der Waals surface area contributed by atoms with Crippen molar-refractivity contribution in [3.8, 4) is 0 Å². The second kappa shape index (κ2) is 5.91. The van der Waals surface area contributed by atoms with Crippen LogP contribution in [0.25, 0.3) is 0 Å². The molecule has 104 valence electrons. The third-order valence-electron chi connectivity index (χ3n) is 4.80. The first kappa shape index (κ1) is 13.7. The van der Waals surface area contributed by atoms with Crippen molar-refractivity contribution in [1.82, 2.24) is 10.2 Å². The Hall–Kier alpha value is -0.770. The number of carbonyl (C=O) groups excluding carboxylic acids is 1. The predicted octanol–water partition coefficient (Wildman–Crippen LogP) is 2.39. The molecule has 0 bridgehead atoms. The minimum absolute atomic E-state index is 0.128. The quantitative estimate of drug-likeness (QED) is 0.822. The van der Waals surface area contributed by atoms with Gasteiger partial charge >= 0.3 is 6.09 Å². The van der Waals surface area contributed by atoms with Crippen molar-refractivity contribution < 1.29 is 9.53 Å². The van der Waals surface area contributed by atoms with E-state index in [1.54, 1.807) is 0 Å². The lowest BCUT2D eigenvalue weighted by molar-refractivity contribution is 0.0456. The van der Waals surface area contributed by atoms with Crippen molar-refractivity contribution in [2.45, 2.75) is 51.5 Å². The number of amides is 1. The maximum atomic E-state index is 11.7. The van der Waals surface area contributed by atoms with Gasteiger partial charge < -0.3 is 15.0 Å². The zero-order valence-electron chi connectivity index (χ0n) is 11.7. The van der Waals surface area contributed by atoms with Crippen molar-refractivity contribution in [2.75, 3.05) is 26.7 Å². The van der Waals surface area contributed by atoms with Crippen LogP contribution in [-0.4, -0.2) is 43.8 Å². The first-order valence-corrected chi connectivity index (χ1v) is 7.28.